The van der Waals surface area contributed by atoms with Gasteiger partial charge in [-0.2, -0.15) is 5.10 Å². The number of nitrogens with two attached hydrogens (primary N) is 1. The first kappa shape index (κ1) is 31.1. The molecule has 12 heteroatoms. The molecule has 0 unspecified atom stereocenters. The van der Waals surface area contributed by atoms with Crippen LogP contribution < -0.4 is 15.4 Å². The van der Waals surface area contributed by atoms with Crippen molar-refractivity contribution < 1.29 is 23.4 Å². The maximum absolute atomic E-state index is 13.8. The third-order valence-electron chi connectivity index (χ3n) is 8.51. The van der Waals surface area contributed by atoms with E-state index in [1.807, 2.05) is 36.4 Å². The van der Waals surface area contributed by atoms with Crippen molar-refractivity contribution in [2.45, 2.75) is 32.0 Å². The Morgan fingerprint density at radius 1 is 1.00 bits per heavy atom. The second-order valence-electron chi connectivity index (χ2n) is 11.2. The number of ketones is 1. The van der Waals surface area contributed by atoms with Gasteiger partial charge in [0, 0.05) is 45.2 Å². The van der Waals surface area contributed by atoms with Crippen molar-refractivity contribution in [2.24, 2.45) is 5.92 Å². The Balaban J connectivity index is 1.19. The molecule has 1 fully saturated rings. The van der Waals surface area contributed by atoms with Gasteiger partial charge in [-0.1, -0.05) is 24.3 Å². The highest BCUT2D eigenvalue weighted by atomic mass is 19.1. The molecule has 0 radical (unpaired) electrons. The Morgan fingerprint density at radius 2 is 1.76 bits per heavy atom. The number of carbonyl (C=O) groups excluding carboxylic acids is 1. The van der Waals surface area contributed by atoms with E-state index < -0.39 is 5.82 Å². The number of nitrogens with zero attached hydrogens (tertiary/aromatic N) is 6. The van der Waals surface area contributed by atoms with E-state index in [1.54, 1.807) is 25.1 Å². The first-order chi connectivity index (χ1) is 22.4. The molecule has 11 nitrogen and oxygen atoms in total. The van der Waals surface area contributed by atoms with E-state index >= 15 is 0 Å². The van der Waals surface area contributed by atoms with Crippen molar-refractivity contribution in [3.8, 4) is 22.7 Å². The molecule has 1 saturated heterocycles. The highest BCUT2D eigenvalue weighted by Crippen LogP contribution is 2.33. The van der Waals surface area contributed by atoms with Gasteiger partial charge >= 0.3 is 0 Å². The van der Waals surface area contributed by atoms with Crippen molar-refractivity contribution in [1.82, 2.24) is 24.7 Å². The normalized spacial score (nSPS) is 13.9. The molecule has 2 aromatic carbocycles. The second kappa shape index (κ2) is 13.6. The average molecular weight is 626 g/mol. The van der Waals surface area contributed by atoms with Crippen LogP contribution in [0.5, 0.6) is 5.75 Å². The summed E-state index contributed by atoms with van der Waals surface area (Å²) in [4.78, 5) is 28.6. The van der Waals surface area contributed by atoms with Gasteiger partial charge in [-0.15, -0.1) is 0 Å². The summed E-state index contributed by atoms with van der Waals surface area (Å²) in [5.41, 5.74) is 10.3. The number of carbonyl (C=O) groups is 1. The minimum absolute atomic E-state index is 0.189. The van der Waals surface area contributed by atoms with Crippen molar-refractivity contribution in [3.63, 3.8) is 0 Å². The van der Waals surface area contributed by atoms with Crippen LogP contribution in [-0.4, -0.2) is 71.2 Å². The molecule has 0 aliphatic carbocycles. The summed E-state index contributed by atoms with van der Waals surface area (Å²) in [6.07, 6.45) is 5.62. The molecular formula is C34H36FN7O4. The Kier molecular flexibility index (Phi) is 9.18. The predicted molar refractivity (Wildman–Crippen MR) is 173 cm³/mol. The topological polar surface area (TPSA) is 131 Å². The zero-order chi connectivity index (χ0) is 32.2. The van der Waals surface area contributed by atoms with E-state index in [1.165, 1.54) is 31.6 Å². The van der Waals surface area contributed by atoms with Crippen LogP contribution in [0.4, 0.5) is 16.0 Å². The number of piperidine rings is 1. The quantitative estimate of drug-likeness (QED) is 0.153. The van der Waals surface area contributed by atoms with Crippen LogP contribution in [0.2, 0.25) is 0 Å². The number of ether oxygens (including phenoxy) is 3. The van der Waals surface area contributed by atoms with Gasteiger partial charge in [-0.25, -0.2) is 24.0 Å². The molecule has 0 amide bonds. The van der Waals surface area contributed by atoms with Gasteiger partial charge in [0.15, 0.2) is 17.7 Å². The Morgan fingerprint density at radius 3 is 2.43 bits per heavy atom. The number of hydrogen-bond donors (Lipinski definition) is 1. The molecular weight excluding hydrogens is 589 g/mol. The Hall–Kier alpha value is -4.94. The fourth-order valence-corrected chi connectivity index (χ4v) is 6.05. The monoisotopic (exact) mass is 625 g/mol. The molecule has 3 aromatic heterocycles. The SMILES string of the molecule is COc1ccc(F)cc1C(=O)CCc1ccc(-c2nn(-c3ccc(N4CCC(C(OC)OC)CC4)nc3)c3ncnc(N)c23)cc1. The third-order valence-corrected chi connectivity index (χ3v) is 8.51. The first-order valence-corrected chi connectivity index (χ1v) is 15.1. The van der Waals surface area contributed by atoms with Crippen molar-refractivity contribution in [3.05, 3.63) is 84.1 Å². The Bertz CT molecular complexity index is 1820. The molecule has 0 bridgehead atoms. The van der Waals surface area contributed by atoms with Gasteiger partial charge in [-0.05, 0) is 55.2 Å². The summed E-state index contributed by atoms with van der Waals surface area (Å²) in [6.45, 7) is 1.73. The number of nitrogen functional groups attached to an aromatic ring is 1. The summed E-state index contributed by atoms with van der Waals surface area (Å²) in [7, 11) is 4.82. The van der Waals surface area contributed by atoms with Gasteiger partial charge in [0.2, 0.25) is 0 Å². The number of rotatable bonds is 11. The maximum atomic E-state index is 13.8. The number of hydrogen-bond acceptors (Lipinski definition) is 10. The highest BCUT2D eigenvalue weighted by molar-refractivity contribution is 5.99. The largest absolute Gasteiger partial charge is 0.496 e. The van der Waals surface area contributed by atoms with Crippen molar-refractivity contribution in [2.75, 3.05) is 45.1 Å². The summed E-state index contributed by atoms with van der Waals surface area (Å²) in [5, 5.41) is 5.54. The summed E-state index contributed by atoms with van der Waals surface area (Å²) < 4.78 is 31.7. The molecule has 0 atom stereocenters. The van der Waals surface area contributed by atoms with Gasteiger partial charge in [-0.3, -0.25) is 4.79 Å². The van der Waals surface area contributed by atoms with Gasteiger partial charge in [0.1, 0.15) is 35.2 Å². The number of aromatic nitrogens is 5. The fourth-order valence-electron chi connectivity index (χ4n) is 6.05. The van der Waals surface area contributed by atoms with E-state index in [0.29, 0.717) is 40.6 Å². The number of anilines is 2. The number of benzene rings is 2. The minimum Gasteiger partial charge on any atom is -0.496 e. The summed E-state index contributed by atoms with van der Waals surface area (Å²) in [5.74, 6) is 1.26. The lowest BCUT2D eigenvalue weighted by Crippen LogP contribution is -2.39. The number of halogens is 1. The van der Waals surface area contributed by atoms with Crippen LogP contribution in [0.25, 0.3) is 28.0 Å². The van der Waals surface area contributed by atoms with Crippen molar-refractivity contribution in [1.29, 1.82) is 0 Å². The number of Topliss-reactive ketones (excluding diaryl/α,β-unsaturated/α-hetero) is 1. The smallest absolute Gasteiger partial charge is 0.169 e. The molecule has 1 aliphatic heterocycles. The molecule has 0 spiro atoms. The number of pyridine rings is 1. The first-order valence-electron chi connectivity index (χ1n) is 15.1. The number of methoxy groups -OCH3 is 3. The summed E-state index contributed by atoms with van der Waals surface area (Å²) in [6, 6.07) is 15.7. The molecule has 46 heavy (non-hydrogen) atoms. The molecule has 6 rings (SSSR count). The maximum Gasteiger partial charge on any atom is 0.169 e. The average Bonchev–Trinajstić information content (AvgIpc) is 3.49. The number of aryl methyl sites for hydroxylation is 1. The van der Waals surface area contributed by atoms with Gasteiger partial charge < -0.3 is 24.8 Å². The van der Waals surface area contributed by atoms with E-state index in [-0.39, 0.29) is 24.1 Å². The zero-order valence-corrected chi connectivity index (χ0v) is 26.0. The molecule has 4 heterocycles. The lowest BCUT2D eigenvalue weighted by atomic mass is 9.96. The van der Waals surface area contributed by atoms with E-state index in [4.69, 9.17) is 30.0 Å². The van der Waals surface area contributed by atoms with Crippen LogP contribution in [0, 0.1) is 11.7 Å². The molecule has 5 aromatic rings. The van der Waals surface area contributed by atoms with Crippen LogP contribution in [-0.2, 0) is 15.9 Å². The van der Waals surface area contributed by atoms with Crippen LogP contribution in [0.1, 0.15) is 35.2 Å². The van der Waals surface area contributed by atoms with Crippen molar-refractivity contribution >= 4 is 28.5 Å². The van der Waals surface area contributed by atoms with E-state index in [9.17, 15) is 9.18 Å². The van der Waals surface area contributed by atoms with Crippen LogP contribution >= 0.6 is 0 Å². The highest BCUT2D eigenvalue weighted by Gasteiger charge is 2.27. The lowest BCUT2D eigenvalue weighted by molar-refractivity contribution is -0.141. The summed E-state index contributed by atoms with van der Waals surface area (Å²) >= 11 is 0. The molecule has 238 valence electrons. The second-order valence-corrected chi connectivity index (χ2v) is 11.2. The Labute approximate surface area is 266 Å². The molecule has 0 saturated carbocycles. The lowest BCUT2D eigenvalue weighted by Gasteiger charge is -2.35. The number of fused-ring (bicyclic) bond motifs is 1. The third kappa shape index (κ3) is 6.26. The van der Waals surface area contributed by atoms with Gasteiger partial charge in [0.25, 0.3) is 0 Å². The molecule has 1 aliphatic rings. The zero-order valence-electron chi connectivity index (χ0n) is 26.0. The standard InChI is InChI=1S/C34H36FN7O4/c1-44-28-12-9-24(35)18-26(28)27(43)11-6-21-4-7-22(8-5-21)31-30-32(36)38-20-39-33(30)42(40-31)25-10-13-29(37-19-25)41-16-14-23(15-17-41)34(45-2)46-3/h4-5,7-10,12-13,18-20,23,34H,6,11,14-17H2,1-3H3,(H2,36,38,39). The minimum atomic E-state index is -0.477. The fraction of sp³-hybridized carbons (Fsp3) is 0.324. The van der Waals surface area contributed by atoms with E-state index in [0.717, 1.165) is 48.6 Å². The van der Waals surface area contributed by atoms with E-state index in [2.05, 4.69) is 14.9 Å². The van der Waals surface area contributed by atoms with Crippen LogP contribution in [0.15, 0.2) is 67.1 Å². The van der Waals surface area contributed by atoms with Gasteiger partial charge in [0.05, 0.1) is 29.9 Å². The predicted octanol–water partition coefficient (Wildman–Crippen LogP) is 5.26. The van der Waals surface area contributed by atoms with Crippen LogP contribution in [0.3, 0.4) is 0 Å². The molecule has 2 N–H and O–H groups in total.